The molecular weight excluding hydrogens is 249 g/mol. The molecule has 1 unspecified atom stereocenters. The number of hydrogen-bond acceptors (Lipinski definition) is 2. The van der Waals surface area contributed by atoms with E-state index in [0.29, 0.717) is 5.69 Å². The summed E-state index contributed by atoms with van der Waals surface area (Å²) >= 11 is 0. The third-order valence-electron chi connectivity index (χ3n) is 2.22. The van der Waals surface area contributed by atoms with Crippen molar-refractivity contribution < 1.29 is 18.0 Å². The number of H-pyrrole nitrogens is 1. The summed E-state index contributed by atoms with van der Waals surface area (Å²) in [4.78, 5) is 25.7. The first kappa shape index (κ1) is 14.3. The number of carbonyl (C=O) groups excluding carboxylic acids is 1. The van der Waals surface area contributed by atoms with Crippen molar-refractivity contribution in [3.8, 4) is 0 Å². The fourth-order valence-electron chi connectivity index (χ4n) is 1.45. The van der Waals surface area contributed by atoms with E-state index >= 15 is 0 Å². The lowest BCUT2D eigenvalue weighted by Crippen LogP contribution is -2.38. The van der Waals surface area contributed by atoms with Gasteiger partial charge in [0.2, 0.25) is 0 Å². The summed E-state index contributed by atoms with van der Waals surface area (Å²) in [5.74, 6) is -0.812. The second kappa shape index (κ2) is 5.24. The van der Waals surface area contributed by atoms with Gasteiger partial charge in [0.1, 0.15) is 5.56 Å². The highest BCUT2D eigenvalue weighted by molar-refractivity contribution is 5.93. The first-order valence-corrected chi connectivity index (χ1v) is 5.26. The van der Waals surface area contributed by atoms with Crippen LogP contribution in [0.3, 0.4) is 0 Å². The van der Waals surface area contributed by atoms with Crippen LogP contribution in [0.25, 0.3) is 0 Å². The number of nitrogens with one attached hydrogen (secondary N) is 2. The lowest BCUT2D eigenvalue weighted by Gasteiger charge is -2.15. The molecule has 1 heterocycles. The molecule has 100 valence electrons. The minimum absolute atomic E-state index is 0.199. The third kappa shape index (κ3) is 4.23. The molecule has 0 saturated heterocycles. The standard InChI is InChI=1S/C11H13F3N2O2/c1-6-3-9(17)8(5-15-6)10(18)16-7(2)4-11(12,13)14/h3,5,7H,4H2,1-2H3,(H,15,17)(H,16,18). The van der Waals surface area contributed by atoms with Crippen LogP contribution in [0.15, 0.2) is 17.1 Å². The van der Waals surface area contributed by atoms with E-state index in [2.05, 4.69) is 10.3 Å². The van der Waals surface area contributed by atoms with Gasteiger partial charge in [-0.05, 0) is 13.8 Å². The Bertz CT molecular complexity index is 494. The minimum atomic E-state index is -4.35. The van der Waals surface area contributed by atoms with Crippen LogP contribution in [-0.4, -0.2) is 23.1 Å². The minimum Gasteiger partial charge on any atom is -0.364 e. The Morgan fingerprint density at radius 3 is 2.61 bits per heavy atom. The van der Waals surface area contributed by atoms with Crippen LogP contribution in [0, 0.1) is 6.92 Å². The molecule has 1 amide bonds. The van der Waals surface area contributed by atoms with Gasteiger partial charge in [-0.3, -0.25) is 9.59 Å². The highest BCUT2D eigenvalue weighted by Gasteiger charge is 2.30. The first-order valence-electron chi connectivity index (χ1n) is 5.26. The van der Waals surface area contributed by atoms with Gasteiger partial charge in [-0.15, -0.1) is 0 Å². The van der Waals surface area contributed by atoms with Crippen LogP contribution < -0.4 is 10.7 Å². The van der Waals surface area contributed by atoms with Gasteiger partial charge in [0, 0.05) is 24.0 Å². The van der Waals surface area contributed by atoms with Crippen LogP contribution in [-0.2, 0) is 0 Å². The van der Waals surface area contributed by atoms with Crippen molar-refractivity contribution in [2.24, 2.45) is 0 Å². The zero-order valence-corrected chi connectivity index (χ0v) is 9.89. The zero-order chi connectivity index (χ0) is 13.9. The van der Waals surface area contributed by atoms with Crippen LogP contribution in [0.4, 0.5) is 13.2 Å². The number of carbonyl (C=O) groups is 1. The van der Waals surface area contributed by atoms with Gasteiger partial charge in [0.25, 0.3) is 5.91 Å². The Morgan fingerprint density at radius 2 is 2.11 bits per heavy atom. The molecule has 7 heteroatoms. The molecule has 1 aromatic heterocycles. The van der Waals surface area contributed by atoms with Crippen LogP contribution in [0.5, 0.6) is 0 Å². The van der Waals surface area contributed by atoms with Gasteiger partial charge in [-0.25, -0.2) is 0 Å². The maximum atomic E-state index is 12.1. The van der Waals surface area contributed by atoms with Crippen LogP contribution in [0.1, 0.15) is 29.4 Å². The number of aromatic amines is 1. The highest BCUT2D eigenvalue weighted by atomic mass is 19.4. The SMILES string of the molecule is Cc1cc(=O)c(C(=O)NC(C)CC(F)(F)F)c[nH]1. The number of rotatable bonds is 3. The Kier molecular flexibility index (Phi) is 4.15. The average Bonchev–Trinajstić information content (AvgIpc) is 2.13. The fraction of sp³-hybridized carbons (Fsp3) is 0.455. The summed E-state index contributed by atoms with van der Waals surface area (Å²) < 4.78 is 36.2. The molecule has 18 heavy (non-hydrogen) atoms. The lowest BCUT2D eigenvalue weighted by molar-refractivity contribution is -0.138. The van der Waals surface area contributed by atoms with E-state index < -0.39 is 30.0 Å². The zero-order valence-electron chi connectivity index (χ0n) is 9.89. The van der Waals surface area contributed by atoms with Crippen molar-refractivity contribution in [3.63, 3.8) is 0 Å². The summed E-state index contributed by atoms with van der Waals surface area (Å²) in [7, 11) is 0. The highest BCUT2D eigenvalue weighted by Crippen LogP contribution is 2.21. The fourth-order valence-corrected chi connectivity index (χ4v) is 1.45. The number of amides is 1. The second-order valence-corrected chi connectivity index (χ2v) is 4.09. The van der Waals surface area contributed by atoms with Gasteiger partial charge in [-0.1, -0.05) is 0 Å². The molecule has 0 bridgehead atoms. The van der Waals surface area contributed by atoms with Gasteiger partial charge in [-0.2, -0.15) is 13.2 Å². The van der Waals surface area contributed by atoms with E-state index in [0.717, 1.165) is 0 Å². The van der Waals surface area contributed by atoms with E-state index in [1.165, 1.54) is 19.2 Å². The van der Waals surface area contributed by atoms with Crippen molar-refractivity contribution in [1.29, 1.82) is 0 Å². The van der Waals surface area contributed by atoms with Crippen molar-refractivity contribution in [3.05, 3.63) is 33.7 Å². The lowest BCUT2D eigenvalue weighted by atomic mass is 10.2. The molecule has 0 saturated carbocycles. The summed E-state index contributed by atoms with van der Waals surface area (Å²) in [5, 5.41) is 2.13. The molecule has 0 aliphatic rings. The number of hydrogen-bond donors (Lipinski definition) is 2. The second-order valence-electron chi connectivity index (χ2n) is 4.09. The van der Waals surface area contributed by atoms with Gasteiger partial charge >= 0.3 is 6.18 Å². The van der Waals surface area contributed by atoms with Crippen molar-refractivity contribution in [2.75, 3.05) is 0 Å². The molecule has 0 aliphatic heterocycles. The van der Waals surface area contributed by atoms with Crippen molar-refractivity contribution in [1.82, 2.24) is 10.3 Å². The van der Waals surface area contributed by atoms with E-state index in [1.807, 2.05) is 0 Å². The summed E-state index contributed by atoms with van der Waals surface area (Å²) in [6.07, 6.45) is -4.30. The van der Waals surface area contributed by atoms with Crippen LogP contribution >= 0.6 is 0 Å². The molecule has 0 aromatic carbocycles. The van der Waals surface area contributed by atoms with E-state index in [1.54, 1.807) is 6.92 Å². The molecule has 1 rings (SSSR count). The molecule has 1 atom stereocenters. The Balaban J connectivity index is 2.74. The predicted molar refractivity (Wildman–Crippen MR) is 59.4 cm³/mol. The van der Waals surface area contributed by atoms with E-state index in [4.69, 9.17) is 0 Å². The normalized spacial score (nSPS) is 13.2. The Morgan fingerprint density at radius 1 is 1.50 bits per heavy atom. The number of pyridine rings is 1. The Hall–Kier alpha value is -1.79. The molecule has 2 N–H and O–H groups in total. The molecule has 0 radical (unpaired) electrons. The first-order chi connectivity index (χ1) is 8.19. The Labute approximate surface area is 101 Å². The maximum Gasteiger partial charge on any atom is 0.391 e. The largest absolute Gasteiger partial charge is 0.391 e. The maximum absolute atomic E-state index is 12.1. The molecule has 0 spiro atoms. The number of aryl methyl sites for hydroxylation is 1. The quantitative estimate of drug-likeness (QED) is 0.871. The topological polar surface area (TPSA) is 62.0 Å². The predicted octanol–water partition coefficient (Wildman–Crippen LogP) is 1.75. The van der Waals surface area contributed by atoms with Gasteiger partial charge in [0.15, 0.2) is 5.43 Å². The number of aromatic nitrogens is 1. The van der Waals surface area contributed by atoms with Crippen molar-refractivity contribution in [2.45, 2.75) is 32.5 Å². The van der Waals surface area contributed by atoms with Gasteiger partial charge in [0.05, 0.1) is 6.42 Å². The summed E-state index contributed by atoms with van der Waals surface area (Å²) in [6, 6.07) is 0.127. The molecule has 0 aliphatic carbocycles. The van der Waals surface area contributed by atoms with E-state index in [9.17, 15) is 22.8 Å². The molecule has 1 aromatic rings. The molecular formula is C11H13F3N2O2. The van der Waals surface area contributed by atoms with Gasteiger partial charge < -0.3 is 10.3 Å². The average molecular weight is 262 g/mol. The summed E-state index contributed by atoms with van der Waals surface area (Å²) in [6.45, 7) is 2.86. The van der Waals surface area contributed by atoms with Crippen LogP contribution in [0.2, 0.25) is 0 Å². The summed E-state index contributed by atoms with van der Waals surface area (Å²) in [5.41, 5.74) is -0.155. The number of halogens is 3. The third-order valence-corrected chi connectivity index (χ3v) is 2.22. The smallest absolute Gasteiger partial charge is 0.364 e. The monoisotopic (exact) mass is 262 g/mol. The van der Waals surface area contributed by atoms with E-state index in [-0.39, 0.29) is 5.56 Å². The molecule has 4 nitrogen and oxygen atoms in total. The number of alkyl halides is 3. The molecule has 0 fully saturated rings. The van der Waals surface area contributed by atoms with Crippen molar-refractivity contribution >= 4 is 5.91 Å².